The molecule has 0 saturated carbocycles. The van der Waals surface area contributed by atoms with Gasteiger partial charge in [0, 0.05) is 6.42 Å². The Morgan fingerprint density at radius 3 is 1.92 bits per heavy atom. The molecule has 1 aliphatic heterocycles. The molecule has 1 fully saturated rings. The van der Waals surface area contributed by atoms with Crippen LogP contribution >= 0.6 is 0 Å². The van der Waals surface area contributed by atoms with Crippen LogP contribution in [0.15, 0.2) is 60.7 Å². The minimum Gasteiger partial charge on any atom is -0.460 e. The number of benzene rings is 2. The van der Waals surface area contributed by atoms with Crippen molar-refractivity contribution in [2.24, 2.45) is 5.41 Å². The van der Waals surface area contributed by atoms with E-state index in [1.54, 1.807) is 0 Å². The maximum Gasteiger partial charge on any atom is 0.306 e. The number of carbonyl (C=O) groups excluding carboxylic acids is 1. The SMILES string of the molecule is CC(C)(C)C(O[Si](c1ccccc1)c1ccccc1)C1CCC(=O)O1. The van der Waals surface area contributed by atoms with Crippen LogP contribution in [0.1, 0.15) is 33.6 Å². The summed E-state index contributed by atoms with van der Waals surface area (Å²) < 4.78 is 12.3. The van der Waals surface area contributed by atoms with Gasteiger partial charge >= 0.3 is 5.97 Å². The van der Waals surface area contributed by atoms with Crippen molar-refractivity contribution in [1.82, 2.24) is 0 Å². The summed E-state index contributed by atoms with van der Waals surface area (Å²) in [7, 11) is -1.43. The van der Waals surface area contributed by atoms with Gasteiger partial charge in [-0.15, -0.1) is 0 Å². The van der Waals surface area contributed by atoms with E-state index < -0.39 is 9.04 Å². The van der Waals surface area contributed by atoms with Gasteiger partial charge in [-0.25, -0.2) is 0 Å². The van der Waals surface area contributed by atoms with E-state index in [0.29, 0.717) is 6.42 Å². The normalized spacial score (nSPS) is 19.0. The molecular weight excluding hydrogens is 328 g/mol. The molecule has 1 radical (unpaired) electrons. The lowest BCUT2D eigenvalue weighted by Gasteiger charge is -2.37. The van der Waals surface area contributed by atoms with E-state index in [1.807, 2.05) is 36.4 Å². The van der Waals surface area contributed by atoms with Crippen molar-refractivity contribution in [2.45, 2.75) is 45.8 Å². The molecule has 0 spiro atoms. The summed E-state index contributed by atoms with van der Waals surface area (Å²) >= 11 is 0. The van der Waals surface area contributed by atoms with Crippen LogP contribution in [-0.4, -0.2) is 27.2 Å². The molecule has 1 saturated heterocycles. The van der Waals surface area contributed by atoms with E-state index in [2.05, 4.69) is 45.0 Å². The first-order valence-corrected chi connectivity index (χ1v) is 10.2. The maximum absolute atomic E-state index is 11.6. The molecule has 131 valence electrons. The standard InChI is InChI=1S/C21H25O3Si/c1-21(2,3)20(18-14-15-19(22)23-18)24-25(16-10-6-4-7-11-16)17-12-8-5-9-13-17/h4-13,18,20H,14-15H2,1-3H3. The highest BCUT2D eigenvalue weighted by molar-refractivity contribution is 6.80. The zero-order chi connectivity index (χ0) is 17.9. The van der Waals surface area contributed by atoms with Gasteiger partial charge in [0.05, 0.1) is 6.10 Å². The lowest BCUT2D eigenvalue weighted by atomic mass is 9.85. The minimum atomic E-state index is -1.43. The molecule has 0 amide bonds. The Bertz CT molecular complexity index is 655. The van der Waals surface area contributed by atoms with Crippen LogP contribution in [0.3, 0.4) is 0 Å². The second kappa shape index (κ2) is 7.54. The Morgan fingerprint density at radius 2 is 1.52 bits per heavy atom. The summed E-state index contributed by atoms with van der Waals surface area (Å²) in [5, 5.41) is 2.41. The molecule has 2 aromatic carbocycles. The lowest BCUT2D eigenvalue weighted by Crippen LogP contribution is -2.52. The van der Waals surface area contributed by atoms with Crippen LogP contribution < -0.4 is 10.4 Å². The maximum atomic E-state index is 11.6. The number of rotatable bonds is 5. The van der Waals surface area contributed by atoms with Crippen molar-refractivity contribution in [3.05, 3.63) is 60.7 Å². The fourth-order valence-electron chi connectivity index (χ4n) is 3.18. The Morgan fingerprint density at radius 1 is 1.00 bits per heavy atom. The van der Waals surface area contributed by atoms with E-state index in [4.69, 9.17) is 9.16 Å². The summed E-state index contributed by atoms with van der Waals surface area (Å²) in [4.78, 5) is 11.6. The van der Waals surface area contributed by atoms with Gasteiger partial charge < -0.3 is 9.16 Å². The smallest absolute Gasteiger partial charge is 0.306 e. The predicted molar refractivity (Wildman–Crippen MR) is 101 cm³/mol. The zero-order valence-corrected chi connectivity index (χ0v) is 16.1. The van der Waals surface area contributed by atoms with Crippen LogP contribution in [0.5, 0.6) is 0 Å². The molecule has 3 nitrogen and oxygen atoms in total. The zero-order valence-electron chi connectivity index (χ0n) is 15.1. The number of cyclic esters (lactones) is 1. The summed E-state index contributed by atoms with van der Waals surface area (Å²) in [6, 6.07) is 20.7. The fraction of sp³-hybridized carbons (Fsp3) is 0.381. The average molecular weight is 354 g/mol. The van der Waals surface area contributed by atoms with E-state index in [-0.39, 0.29) is 23.6 Å². The molecule has 1 aliphatic rings. The summed E-state index contributed by atoms with van der Waals surface area (Å²) in [6.45, 7) is 6.46. The molecule has 0 N–H and O–H groups in total. The summed E-state index contributed by atoms with van der Waals surface area (Å²) in [5.74, 6) is -0.115. The fourth-order valence-corrected chi connectivity index (χ4v) is 5.53. The van der Waals surface area contributed by atoms with Gasteiger partial charge in [-0.05, 0) is 22.2 Å². The van der Waals surface area contributed by atoms with Gasteiger partial charge in [-0.3, -0.25) is 4.79 Å². The minimum absolute atomic E-state index is 0.115. The van der Waals surface area contributed by atoms with Gasteiger partial charge in [-0.1, -0.05) is 81.4 Å². The summed E-state index contributed by atoms with van der Waals surface area (Å²) in [5.41, 5.74) is -0.116. The van der Waals surface area contributed by atoms with E-state index in [0.717, 1.165) is 6.42 Å². The van der Waals surface area contributed by atoms with Crippen molar-refractivity contribution in [3.8, 4) is 0 Å². The van der Waals surface area contributed by atoms with Gasteiger partial charge in [0.2, 0.25) is 0 Å². The van der Waals surface area contributed by atoms with Gasteiger partial charge in [0.1, 0.15) is 6.10 Å². The Labute approximate surface area is 151 Å². The Kier molecular flexibility index (Phi) is 5.40. The topological polar surface area (TPSA) is 35.5 Å². The first-order chi connectivity index (χ1) is 11.9. The largest absolute Gasteiger partial charge is 0.460 e. The molecule has 2 aromatic rings. The molecule has 2 unspecified atom stereocenters. The molecule has 3 rings (SSSR count). The Hall–Kier alpha value is -1.91. The summed E-state index contributed by atoms with van der Waals surface area (Å²) in [6.07, 6.45) is 0.923. The van der Waals surface area contributed by atoms with E-state index in [1.165, 1.54) is 10.4 Å². The Balaban J connectivity index is 1.93. The third-order valence-corrected chi connectivity index (χ3v) is 6.63. The first kappa shape index (κ1) is 17.9. The van der Waals surface area contributed by atoms with Crippen LogP contribution in [0.2, 0.25) is 0 Å². The average Bonchev–Trinajstić information content (AvgIpc) is 3.02. The second-order valence-electron chi connectivity index (χ2n) is 7.53. The predicted octanol–water partition coefficient (Wildman–Crippen LogP) is 2.93. The number of carbonyl (C=O) groups is 1. The second-order valence-corrected chi connectivity index (χ2v) is 9.58. The molecule has 0 aromatic heterocycles. The number of hydrogen-bond acceptors (Lipinski definition) is 3. The molecular formula is C21H25O3Si. The van der Waals surface area contributed by atoms with E-state index in [9.17, 15) is 4.79 Å². The van der Waals surface area contributed by atoms with Crippen molar-refractivity contribution in [1.29, 1.82) is 0 Å². The highest BCUT2D eigenvalue weighted by Crippen LogP contribution is 2.32. The van der Waals surface area contributed by atoms with Crippen LogP contribution in [-0.2, 0) is 14.0 Å². The van der Waals surface area contributed by atoms with Gasteiger partial charge in [0.15, 0.2) is 0 Å². The van der Waals surface area contributed by atoms with Crippen molar-refractivity contribution in [3.63, 3.8) is 0 Å². The molecule has 0 bridgehead atoms. The van der Waals surface area contributed by atoms with Crippen LogP contribution in [0, 0.1) is 5.41 Å². The lowest BCUT2D eigenvalue weighted by molar-refractivity contribution is -0.147. The third kappa shape index (κ3) is 4.38. The van der Waals surface area contributed by atoms with Crippen molar-refractivity contribution in [2.75, 3.05) is 0 Å². The molecule has 4 heteroatoms. The molecule has 0 aliphatic carbocycles. The highest BCUT2D eigenvalue weighted by Gasteiger charge is 2.41. The van der Waals surface area contributed by atoms with Crippen molar-refractivity contribution < 1.29 is 14.0 Å². The number of ether oxygens (including phenoxy) is 1. The molecule has 25 heavy (non-hydrogen) atoms. The number of hydrogen-bond donors (Lipinski definition) is 0. The number of esters is 1. The first-order valence-electron chi connectivity index (χ1n) is 8.79. The van der Waals surface area contributed by atoms with Crippen LogP contribution in [0.25, 0.3) is 0 Å². The quantitative estimate of drug-likeness (QED) is 0.612. The van der Waals surface area contributed by atoms with Gasteiger partial charge in [-0.2, -0.15) is 0 Å². The highest BCUT2D eigenvalue weighted by atomic mass is 28.3. The third-order valence-electron chi connectivity index (χ3n) is 4.42. The van der Waals surface area contributed by atoms with Crippen molar-refractivity contribution >= 4 is 25.4 Å². The molecule has 1 heterocycles. The monoisotopic (exact) mass is 353 g/mol. The van der Waals surface area contributed by atoms with E-state index >= 15 is 0 Å². The molecule has 2 atom stereocenters. The van der Waals surface area contributed by atoms with Gasteiger partial charge in [0.25, 0.3) is 9.04 Å². The van der Waals surface area contributed by atoms with Crippen LogP contribution in [0.4, 0.5) is 0 Å².